The van der Waals surface area contributed by atoms with Crippen molar-refractivity contribution in [2.45, 2.75) is 19.3 Å². The van der Waals surface area contributed by atoms with Gasteiger partial charge in [-0.3, -0.25) is 4.79 Å². The molecular formula is C19H18ClN3O. The molecule has 1 saturated heterocycles. The quantitative estimate of drug-likeness (QED) is 0.706. The average molecular weight is 340 g/mol. The largest absolute Gasteiger partial charge is 0.331 e. The van der Waals surface area contributed by atoms with Crippen molar-refractivity contribution in [1.82, 2.24) is 9.55 Å². The Hall–Kier alpha value is -2.33. The summed E-state index contributed by atoms with van der Waals surface area (Å²) < 4.78 is 2.10. The van der Waals surface area contributed by atoms with E-state index in [-0.39, 0.29) is 11.8 Å². The summed E-state index contributed by atoms with van der Waals surface area (Å²) in [4.78, 5) is 19.2. The first-order valence-electron chi connectivity index (χ1n) is 8.03. The average Bonchev–Trinajstić information content (AvgIpc) is 3.11. The van der Waals surface area contributed by atoms with Gasteiger partial charge in [0.15, 0.2) is 0 Å². The molecule has 0 N–H and O–H groups in total. The SMILES string of the molecule is Cc1c(Cl)cccc1N1C[C@H](c2nc3ccccc3n2C)CC1=O. The number of fused-ring (bicyclic) bond motifs is 1. The van der Waals surface area contributed by atoms with E-state index in [4.69, 9.17) is 16.6 Å². The molecule has 1 aliphatic heterocycles. The maximum absolute atomic E-state index is 12.6. The number of para-hydroxylation sites is 2. The molecule has 0 bridgehead atoms. The fraction of sp³-hybridized carbons (Fsp3) is 0.263. The number of hydrogen-bond donors (Lipinski definition) is 0. The maximum Gasteiger partial charge on any atom is 0.227 e. The van der Waals surface area contributed by atoms with Crippen molar-refractivity contribution in [3.8, 4) is 0 Å². The minimum Gasteiger partial charge on any atom is -0.331 e. The molecule has 1 amide bonds. The summed E-state index contributed by atoms with van der Waals surface area (Å²) in [5, 5.41) is 0.687. The van der Waals surface area contributed by atoms with E-state index in [1.165, 1.54) is 0 Å². The van der Waals surface area contributed by atoms with E-state index in [2.05, 4.69) is 10.6 Å². The van der Waals surface area contributed by atoms with E-state index >= 15 is 0 Å². The molecule has 0 saturated carbocycles. The van der Waals surface area contributed by atoms with Crippen LogP contribution in [0.15, 0.2) is 42.5 Å². The third-order valence-corrected chi connectivity index (χ3v) is 5.25. The zero-order valence-corrected chi connectivity index (χ0v) is 14.4. The molecule has 2 aromatic carbocycles. The van der Waals surface area contributed by atoms with Crippen LogP contribution in [-0.4, -0.2) is 22.0 Å². The van der Waals surface area contributed by atoms with Gasteiger partial charge in [0.2, 0.25) is 5.91 Å². The Morgan fingerprint density at radius 2 is 1.96 bits per heavy atom. The van der Waals surface area contributed by atoms with Crippen molar-refractivity contribution < 1.29 is 4.79 Å². The van der Waals surface area contributed by atoms with Gasteiger partial charge in [0, 0.05) is 36.6 Å². The second kappa shape index (κ2) is 5.64. The number of hydrogen-bond acceptors (Lipinski definition) is 2. The first kappa shape index (κ1) is 15.2. The molecular weight excluding hydrogens is 322 g/mol. The second-order valence-corrected chi connectivity index (χ2v) is 6.71. The van der Waals surface area contributed by atoms with Crippen LogP contribution >= 0.6 is 11.6 Å². The van der Waals surface area contributed by atoms with Gasteiger partial charge in [0.25, 0.3) is 0 Å². The molecule has 1 fully saturated rings. The molecule has 0 radical (unpaired) electrons. The van der Waals surface area contributed by atoms with E-state index in [0.717, 1.165) is 28.1 Å². The van der Waals surface area contributed by atoms with Crippen LogP contribution in [0.4, 0.5) is 5.69 Å². The highest BCUT2D eigenvalue weighted by Crippen LogP contribution is 2.35. The molecule has 0 aliphatic carbocycles. The number of carbonyl (C=O) groups is 1. The van der Waals surface area contributed by atoms with E-state index in [1.54, 1.807) is 0 Å². The number of anilines is 1. The van der Waals surface area contributed by atoms with Crippen LogP contribution in [-0.2, 0) is 11.8 Å². The summed E-state index contributed by atoms with van der Waals surface area (Å²) in [7, 11) is 2.02. The number of carbonyl (C=O) groups excluding carboxylic acids is 1. The van der Waals surface area contributed by atoms with E-state index in [9.17, 15) is 4.79 Å². The maximum atomic E-state index is 12.6. The van der Waals surface area contributed by atoms with Gasteiger partial charge >= 0.3 is 0 Å². The Bertz CT molecular complexity index is 947. The number of benzene rings is 2. The summed E-state index contributed by atoms with van der Waals surface area (Å²) in [6.07, 6.45) is 0.475. The van der Waals surface area contributed by atoms with Crippen molar-refractivity contribution in [2.24, 2.45) is 7.05 Å². The third kappa shape index (κ3) is 2.29. The highest BCUT2D eigenvalue weighted by atomic mass is 35.5. The van der Waals surface area contributed by atoms with Crippen molar-refractivity contribution in [3.63, 3.8) is 0 Å². The number of halogens is 1. The van der Waals surface area contributed by atoms with Gasteiger partial charge in [0.1, 0.15) is 5.82 Å². The molecule has 1 aromatic heterocycles. The van der Waals surface area contributed by atoms with Gasteiger partial charge in [-0.1, -0.05) is 29.8 Å². The Morgan fingerprint density at radius 3 is 2.75 bits per heavy atom. The number of aryl methyl sites for hydroxylation is 1. The number of amides is 1. The lowest BCUT2D eigenvalue weighted by molar-refractivity contribution is -0.117. The standard InChI is InChI=1S/C19H18ClN3O/c1-12-14(20)6-5-9-16(12)23-11-13(10-18(23)24)19-21-15-7-3-4-8-17(15)22(19)2/h3-9,13H,10-11H2,1-2H3/t13-/m1/s1. The minimum atomic E-state index is 0.0910. The Kier molecular flexibility index (Phi) is 3.57. The number of rotatable bonds is 2. The first-order chi connectivity index (χ1) is 11.6. The van der Waals surface area contributed by atoms with E-state index in [1.807, 2.05) is 55.3 Å². The summed E-state index contributed by atoms with van der Waals surface area (Å²) in [5.41, 5.74) is 3.91. The van der Waals surface area contributed by atoms with E-state index in [0.29, 0.717) is 18.0 Å². The molecule has 3 aromatic rings. The zero-order chi connectivity index (χ0) is 16.8. The summed E-state index contributed by atoms with van der Waals surface area (Å²) in [5.74, 6) is 1.18. The van der Waals surface area contributed by atoms with Crippen molar-refractivity contribution in [2.75, 3.05) is 11.4 Å². The topological polar surface area (TPSA) is 38.1 Å². The Balaban J connectivity index is 1.71. The van der Waals surface area contributed by atoms with Crippen LogP contribution in [0.2, 0.25) is 5.02 Å². The molecule has 1 atom stereocenters. The van der Waals surface area contributed by atoms with Gasteiger partial charge in [0.05, 0.1) is 11.0 Å². The summed E-state index contributed by atoms with van der Waals surface area (Å²) in [6, 6.07) is 13.8. The molecule has 2 heterocycles. The lowest BCUT2D eigenvalue weighted by atomic mass is 10.1. The van der Waals surface area contributed by atoms with Crippen LogP contribution in [0.5, 0.6) is 0 Å². The normalized spacial score (nSPS) is 17.9. The second-order valence-electron chi connectivity index (χ2n) is 6.31. The lowest BCUT2D eigenvalue weighted by Crippen LogP contribution is -2.25. The Morgan fingerprint density at radius 1 is 1.17 bits per heavy atom. The number of imidazole rings is 1. The van der Waals surface area contributed by atoms with Crippen LogP contribution in [0.3, 0.4) is 0 Å². The molecule has 122 valence electrons. The fourth-order valence-electron chi connectivity index (χ4n) is 3.53. The molecule has 4 nitrogen and oxygen atoms in total. The smallest absolute Gasteiger partial charge is 0.227 e. The van der Waals surface area contributed by atoms with Crippen molar-refractivity contribution in [1.29, 1.82) is 0 Å². The summed E-state index contributed by atoms with van der Waals surface area (Å²) >= 11 is 6.22. The lowest BCUT2D eigenvalue weighted by Gasteiger charge is -2.19. The number of aromatic nitrogens is 2. The van der Waals surface area contributed by atoms with E-state index < -0.39 is 0 Å². The predicted molar refractivity (Wildman–Crippen MR) is 96.6 cm³/mol. The molecule has 1 aliphatic rings. The minimum absolute atomic E-state index is 0.0910. The number of nitrogens with zero attached hydrogens (tertiary/aromatic N) is 3. The van der Waals surface area contributed by atoms with Gasteiger partial charge in [-0.25, -0.2) is 4.98 Å². The summed E-state index contributed by atoms with van der Waals surface area (Å²) in [6.45, 7) is 2.59. The van der Waals surface area contributed by atoms with Crippen LogP contribution in [0.25, 0.3) is 11.0 Å². The van der Waals surface area contributed by atoms with Crippen LogP contribution in [0, 0.1) is 6.92 Å². The van der Waals surface area contributed by atoms with Gasteiger partial charge in [-0.2, -0.15) is 0 Å². The molecule has 0 unspecified atom stereocenters. The molecule has 0 spiro atoms. The highest BCUT2D eigenvalue weighted by Gasteiger charge is 2.35. The first-order valence-corrected chi connectivity index (χ1v) is 8.41. The molecule has 24 heavy (non-hydrogen) atoms. The monoisotopic (exact) mass is 339 g/mol. The molecule has 5 heteroatoms. The predicted octanol–water partition coefficient (Wildman–Crippen LogP) is 4.06. The van der Waals surface area contributed by atoms with Crippen LogP contribution in [0.1, 0.15) is 23.7 Å². The van der Waals surface area contributed by atoms with Gasteiger partial charge in [-0.15, -0.1) is 0 Å². The van der Waals surface area contributed by atoms with Crippen molar-refractivity contribution >= 4 is 34.2 Å². The van der Waals surface area contributed by atoms with Gasteiger partial charge in [-0.05, 0) is 36.8 Å². The van der Waals surface area contributed by atoms with Gasteiger partial charge < -0.3 is 9.47 Å². The van der Waals surface area contributed by atoms with Crippen molar-refractivity contribution in [3.05, 3.63) is 58.9 Å². The van der Waals surface area contributed by atoms with Crippen LogP contribution < -0.4 is 4.90 Å². The molecule has 4 rings (SSSR count). The highest BCUT2D eigenvalue weighted by molar-refractivity contribution is 6.31. The fourth-order valence-corrected chi connectivity index (χ4v) is 3.70. The Labute approximate surface area is 145 Å². The zero-order valence-electron chi connectivity index (χ0n) is 13.7. The third-order valence-electron chi connectivity index (χ3n) is 4.84.